The van der Waals surface area contributed by atoms with E-state index in [1.807, 2.05) is 12.1 Å². The minimum atomic E-state index is -0.637. The Labute approximate surface area is 134 Å². The topological polar surface area (TPSA) is 120 Å². The Balaban J connectivity index is 1.67. The Kier molecular flexibility index (Phi) is 4.07. The van der Waals surface area contributed by atoms with Crippen LogP contribution in [0.2, 0.25) is 5.02 Å². The van der Waals surface area contributed by atoms with Gasteiger partial charge in [0, 0.05) is 10.6 Å². The van der Waals surface area contributed by atoms with E-state index in [1.165, 1.54) is 6.21 Å². The van der Waals surface area contributed by atoms with Crippen molar-refractivity contribution in [2.75, 3.05) is 5.73 Å². The van der Waals surface area contributed by atoms with Gasteiger partial charge in [-0.05, 0) is 34.6 Å². The maximum Gasteiger partial charge on any atom is 0.297 e. The normalized spacial score (nSPS) is 11.0. The second kappa shape index (κ2) is 6.32. The molecule has 0 saturated heterocycles. The third kappa shape index (κ3) is 3.38. The monoisotopic (exact) mass is 331 g/mol. The molecule has 8 nitrogen and oxygen atoms in total. The maximum atomic E-state index is 11.7. The molecule has 0 bridgehead atoms. The molecule has 2 heterocycles. The highest BCUT2D eigenvalue weighted by atomic mass is 35.5. The predicted octanol–water partition coefficient (Wildman–Crippen LogP) is 2.33. The molecule has 3 rings (SSSR count). The molecule has 23 heavy (non-hydrogen) atoms. The van der Waals surface area contributed by atoms with Gasteiger partial charge in [-0.15, -0.1) is 0 Å². The molecule has 0 atom stereocenters. The number of rotatable bonds is 4. The van der Waals surface area contributed by atoms with Crippen LogP contribution in [0, 0.1) is 0 Å². The number of furan rings is 1. The Morgan fingerprint density at radius 1 is 1.30 bits per heavy atom. The highest BCUT2D eigenvalue weighted by Crippen LogP contribution is 2.24. The molecule has 3 aromatic rings. The van der Waals surface area contributed by atoms with Gasteiger partial charge >= 0.3 is 0 Å². The number of nitrogens with zero attached hydrogens (tertiary/aromatic N) is 3. The lowest BCUT2D eigenvalue weighted by Crippen LogP contribution is -2.19. The average Bonchev–Trinajstić information content (AvgIpc) is 3.16. The molecule has 3 N–H and O–H groups in total. The Bertz CT molecular complexity index is 871. The molecule has 0 fully saturated rings. The van der Waals surface area contributed by atoms with Gasteiger partial charge in [-0.25, -0.2) is 10.1 Å². The van der Waals surface area contributed by atoms with E-state index in [-0.39, 0.29) is 11.5 Å². The number of amides is 1. The van der Waals surface area contributed by atoms with E-state index in [2.05, 4.69) is 25.5 Å². The molecule has 1 amide bonds. The van der Waals surface area contributed by atoms with Gasteiger partial charge in [0.05, 0.1) is 6.21 Å². The second-order valence-electron chi connectivity index (χ2n) is 4.41. The van der Waals surface area contributed by atoms with E-state index in [9.17, 15) is 4.79 Å². The van der Waals surface area contributed by atoms with E-state index < -0.39 is 5.91 Å². The number of hydrogen-bond donors (Lipinski definition) is 2. The summed E-state index contributed by atoms with van der Waals surface area (Å²) in [5.74, 6) is 0.331. The highest BCUT2D eigenvalue weighted by Gasteiger charge is 2.14. The first kappa shape index (κ1) is 14.8. The number of benzene rings is 1. The molecule has 0 radical (unpaired) electrons. The van der Waals surface area contributed by atoms with Crippen LogP contribution in [-0.2, 0) is 0 Å². The van der Waals surface area contributed by atoms with Crippen molar-refractivity contribution in [3.8, 4) is 11.3 Å². The summed E-state index contributed by atoms with van der Waals surface area (Å²) in [6.45, 7) is 0. The Hall–Kier alpha value is -3.13. The number of nitrogens with one attached hydrogen (secondary N) is 1. The molecule has 0 unspecified atom stereocenters. The Morgan fingerprint density at radius 2 is 2.17 bits per heavy atom. The van der Waals surface area contributed by atoms with Crippen molar-refractivity contribution in [2.45, 2.75) is 0 Å². The fraction of sp³-hybridized carbons (Fsp3) is 0. The van der Waals surface area contributed by atoms with E-state index in [0.29, 0.717) is 16.5 Å². The van der Waals surface area contributed by atoms with Gasteiger partial charge in [0.1, 0.15) is 11.5 Å². The van der Waals surface area contributed by atoms with Gasteiger partial charge in [-0.3, -0.25) is 4.79 Å². The van der Waals surface area contributed by atoms with Gasteiger partial charge in [-0.1, -0.05) is 23.7 Å². The lowest BCUT2D eigenvalue weighted by molar-refractivity contribution is 0.0946. The molecule has 9 heteroatoms. The summed E-state index contributed by atoms with van der Waals surface area (Å²) in [7, 11) is 0. The number of carbonyl (C=O) groups excluding carboxylic acids is 1. The van der Waals surface area contributed by atoms with Gasteiger partial charge in [0.15, 0.2) is 0 Å². The van der Waals surface area contributed by atoms with Crippen LogP contribution in [0.15, 0.2) is 50.5 Å². The maximum absolute atomic E-state index is 11.7. The lowest BCUT2D eigenvalue weighted by atomic mass is 10.2. The first-order valence-corrected chi connectivity index (χ1v) is 6.78. The molecule has 0 saturated carbocycles. The predicted molar refractivity (Wildman–Crippen MR) is 82.9 cm³/mol. The van der Waals surface area contributed by atoms with Crippen molar-refractivity contribution in [1.29, 1.82) is 0 Å². The molecule has 0 aliphatic rings. The van der Waals surface area contributed by atoms with Gasteiger partial charge in [0.2, 0.25) is 11.5 Å². The van der Waals surface area contributed by atoms with Gasteiger partial charge in [0.25, 0.3) is 5.91 Å². The largest absolute Gasteiger partial charge is 0.455 e. The zero-order chi connectivity index (χ0) is 16.2. The fourth-order valence-electron chi connectivity index (χ4n) is 1.78. The summed E-state index contributed by atoms with van der Waals surface area (Å²) in [5, 5.41) is 11.0. The smallest absolute Gasteiger partial charge is 0.297 e. The number of hydrazone groups is 1. The molecule has 1 aromatic carbocycles. The van der Waals surface area contributed by atoms with Gasteiger partial charge in [-0.2, -0.15) is 5.10 Å². The van der Waals surface area contributed by atoms with E-state index >= 15 is 0 Å². The molecule has 0 aliphatic heterocycles. The summed E-state index contributed by atoms with van der Waals surface area (Å²) in [4.78, 5) is 11.7. The van der Waals surface area contributed by atoms with Crippen LogP contribution < -0.4 is 11.2 Å². The minimum absolute atomic E-state index is 0.112. The van der Waals surface area contributed by atoms with Crippen LogP contribution in [0.3, 0.4) is 0 Å². The summed E-state index contributed by atoms with van der Waals surface area (Å²) >= 11 is 5.94. The molecular weight excluding hydrogens is 322 g/mol. The first-order chi connectivity index (χ1) is 11.1. The zero-order valence-corrected chi connectivity index (χ0v) is 12.3. The minimum Gasteiger partial charge on any atom is -0.455 e. The SMILES string of the molecule is Nc1nonc1C(=O)N/N=C/c1ccc(-c2cccc(Cl)c2)o1. The van der Waals surface area contributed by atoms with E-state index in [1.54, 1.807) is 24.3 Å². The molecule has 0 aliphatic carbocycles. The van der Waals surface area contributed by atoms with Crippen LogP contribution in [-0.4, -0.2) is 22.4 Å². The Morgan fingerprint density at radius 3 is 2.91 bits per heavy atom. The second-order valence-corrected chi connectivity index (χ2v) is 4.85. The van der Waals surface area contributed by atoms with Crippen LogP contribution in [0.5, 0.6) is 0 Å². The summed E-state index contributed by atoms with van der Waals surface area (Å²) < 4.78 is 9.92. The van der Waals surface area contributed by atoms with Crippen LogP contribution in [0.4, 0.5) is 5.82 Å². The molecule has 116 valence electrons. The van der Waals surface area contributed by atoms with E-state index in [0.717, 1.165) is 5.56 Å². The first-order valence-electron chi connectivity index (χ1n) is 6.40. The van der Waals surface area contributed by atoms with Gasteiger partial charge < -0.3 is 10.2 Å². The number of anilines is 1. The highest BCUT2D eigenvalue weighted by molar-refractivity contribution is 6.30. The zero-order valence-electron chi connectivity index (χ0n) is 11.6. The number of nitrogens with two attached hydrogens (primary N) is 1. The molecule has 0 spiro atoms. The van der Waals surface area contributed by atoms with Crippen molar-refractivity contribution >= 4 is 29.5 Å². The quantitative estimate of drug-likeness (QED) is 0.559. The van der Waals surface area contributed by atoms with Crippen molar-refractivity contribution in [1.82, 2.24) is 15.7 Å². The standard InChI is InChI=1S/C14H10ClN5O3/c15-9-3-1-2-8(6-9)11-5-4-10(22-11)7-17-18-14(21)12-13(16)20-23-19-12/h1-7H,(H2,16,20)(H,18,21)/b17-7+. The van der Waals surface area contributed by atoms with Crippen LogP contribution in [0.25, 0.3) is 11.3 Å². The fourth-order valence-corrected chi connectivity index (χ4v) is 1.97. The number of halogens is 1. The molecule has 2 aromatic heterocycles. The van der Waals surface area contributed by atoms with Crippen LogP contribution >= 0.6 is 11.6 Å². The van der Waals surface area contributed by atoms with Crippen molar-refractivity contribution in [3.63, 3.8) is 0 Å². The lowest BCUT2D eigenvalue weighted by Gasteiger charge is -1.97. The summed E-state index contributed by atoms with van der Waals surface area (Å²) in [6, 6.07) is 10.7. The van der Waals surface area contributed by atoms with Crippen molar-refractivity contribution < 1.29 is 13.8 Å². The number of aromatic nitrogens is 2. The number of carbonyl (C=O) groups is 1. The molecular formula is C14H10ClN5O3. The summed E-state index contributed by atoms with van der Waals surface area (Å²) in [5.41, 5.74) is 8.33. The number of nitrogen functional groups attached to an aromatic ring is 1. The third-order valence-corrected chi connectivity index (χ3v) is 3.06. The van der Waals surface area contributed by atoms with Crippen molar-refractivity contribution in [3.05, 3.63) is 52.9 Å². The average molecular weight is 332 g/mol. The van der Waals surface area contributed by atoms with Crippen LogP contribution in [0.1, 0.15) is 16.2 Å². The summed E-state index contributed by atoms with van der Waals surface area (Å²) in [6.07, 6.45) is 1.34. The van der Waals surface area contributed by atoms with E-state index in [4.69, 9.17) is 21.8 Å². The third-order valence-electron chi connectivity index (χ3n) is 2.82. The van der Waals surface area contributed by atoms with Crippen molar-refractivity contribution in [2.24, 2.45) is 5.10 Å². The number of hydrogen-bond acceptors (Lipinski definition) is 7.